The van der Waals surface area contributed by atoms with E-state index in [0.29, 0.717) is 24.1 Å². The molecule has 0 bridgehead atoms. The number of methoxy groups -OCH3 is 1. The van der Waals surface area contributed by atoms with Gasteiger partial charge < -0.3 is 15.8 Å². The second kappa shape index (κ2) is 7.80. The van der Waals surface area contributed by atoms with E-state index in [1.807, 2.05) is 6.92 Å². The van der Waals surface area contributed by atoms with Gasteiger partial charge in [0.15, 0.2) is 0 Å². The van der Waals surface area contributed by atoms with E-state index >= 15 is 0 Å². The van der Waals surface area contributed by atoms with Crippen molar-refractivity contribution in [1.82, 2.24) is 5.32 Å². The predicted molar refractivity (Wildman–Crippen MR) is 81.0 cm³/mol. The van der Waals surface area contributed by atoms with E-state index in [0.717, 1.165) is 38.5 Å². The van der Waals surface area contributed by atoms with E-state index in [4.69, 9.17) is 22.7 Å². The molecule has 1 unspecified atom stereocenters. The second-order valence-corrected chi connectivity index (χ2v) is 6.07. The Balaban J connectivity index is 2.64. The van der Waals surface area contributed by atoms with Crippen LogP contribution in [0.3, 0.4) is 0 Å². The van der Waals surface area contributed by atoms with Crippen molar-refractivity contribution in [3.05, 3.63) is 0 Å². The fraction of sp³-hybridized carbons (Fsp3) is 0.857. The maximum atomic E-state index is 12.5. The van der Waals surface area contributed by atoms with Crippen molar-refractivity contribution in [2.24, 2.45) is 17.1 Å². The first-order valence-corrected chi connectivity index (χ1v) is 7.51. The van der Waals surface area contributed by atoms with E-state index in [1.165, 1.54) is 0 Å². The van der Waals surface area contributed by atoms with Gasteiger partial charge in [0.1, 0.15) is 0 Å². The molecule has 1 aliphatic rings. The molecular formula is C14H26N2O2S. The minimum Gasteiger partial charge on any atom is -0.392 e. The fourth-order valence-corrected chi connectivity index (χ4v) is 2.99. The molecule has 0 aromatic rings. The Bertz CT molecular complexity index is 313. The zero-order valence-electron chi connectivity index (χ0n) is 12.0. The van der Waals surface area contributed by atoms with Crippen molar-refractivity contribution < 1.29 is 9.53 Å². The van der Waals surface area contributed by atoms with Gasteiger partial charge in [-0.1, -0.05) is 44.8 Å². The summed E-state index contributed by atoms with van der Waals surface area (Å²) in [6.45, 7) is 3.29. The van der Waals surface area contributed by atoms with Gasteiger partial charge in [0.2, 0.25) is 5.91 Å². The summed E-state index contributed by atoms with van der Waals surface area (Å²) in [6.07, 6.45) is 5.95. The van der Waals surface area contributed by atoms with Gasteiger partial charge in [-0.15, -0.1) is 0 Å². The average Bonchev–Trinajstić information content (AvgIpc) is 2.62. The summed E-state index contributed by atoms with van der Waals surface area (Å²) in [6, 6.07) is 0. The SMILES string of the molecule is COCC(C)CNC(=O)C1(C(N)=S)CCCCCC1. The van der Waals surface area contributed by atoms with Crippen LogP contribution in [0, 0.1) is 11.3 Å². The summed E-state index contributed by atoms with van der Waals surface area (Å²) in [4.78, 5) is 12.9. The maximum Gasteiger partial charge on any atom is 0.233 e. The van der Waals surface area contributed by atoms with Crippen LogP contribution in [0.4, 0.5) is 0 Å². The molecule has 0 aromatic carbocycles. The molecule has 1 fully saturated rings. The first-order valence-electron chi connectivity index (χ1n) is 7.10. The quantitative estimate of drug-likeness (QED) is 0.579. The van der Waals surface area contributed by atoms with Gasteiger partial charge in [0.05, 0.1) is 17.0 Å². The molecule has 1 atom stereocenters. The largest absolute Gasteiger partial charge is 0.392 e. The van der Waals surface area contributed by atoms with Gasteiger partial charge in [-0.05, 0) is 18.8 Å². The van der Waals surface area contributed by atoms with Gasteiger partial charge in [-0.2, -0.15) is 0 Å². The highest BCUT2D eigenvalue weighted by atomic mass is 32.1. The Kier molecular flexibility index (Phi) is 6.72. The third kappa shape index (κ3) is 4.42. The highest BCUT2D eigenvalue weighted by Crippen LogP contribution is 2.35. The van der Waals surface area contributed by atoms with E-state index in [1.54, 1.807) is 7.11 Å². The molecule has 1 saturated carbocycles. The molecular weight excluding hydrogens is 260 g/mol. The summed E-state index contributed by atoms with van der Waals surface area (Å²) in [5, 5.41) is 3.00. The molecule has 1 aliphatic carbocycles. The van der Waals surface area contributed by atoms with Crippen LogP contribution in [-0.2, 0) is 9.53 Å². The number of rotatable bonds is 6. The molecule has 1 rings (SSSR count). The molecule has 0 aromatic heterocycles. The third-order valence-corrected chi connectivity index (χ3v) is 4.32. The van der Waals surface area contributed by atoms with Gasteiger partial charge >= 0.3 is 0 Å². The summed E-state index contributed by atoms with van der Waals surface area (Å²) < 4.78 is 5.07. The molecule has 0 aliphatic heterocycles. The zero-order valence-corrected chi connectivity index (χ0v) is 12.9. The number of nitrogens with two attached hydrogens (primary N) is 1. The number of ether oxygens (including phenoxy) is 1. The lowest BCUT2D eigenvalue weighted by Crippen LogP contribution is -2.49. The van der Waals surface area contributed by atoms with E-state index in [9.17, 15) is 4.79 Å². The second-order valence-electron chi connectivity index (χ2n) is 5.63. The molecule has 0 saturated heterocycles. The van der Waals surface area contributed by atoms with Crippen LogP contribution in [0.15, 0.2) is 0 Å². The smallest absolute Gasteiger partial charge is 0.233 e. The van der Waals surface area contributed by atoms with Crippen LogP contribution in [0.1, 0.15) is 45.4 Å². The molecule has 1 amide bonds. The molecule has 0 heterocycles. The van der Waals surface area contributed by atoms with Crippen LogP contribution >= 0.6 is 12.2 Å². The number of carbonyl (C=O) groups excluding carboxylic acids is 1. The first-order chi connectivity index (χ1) is 9.03. The Morgan fingerprint density at radius 1 is 1.37 bits per heavy atom. The molecule has 4 nitrogen and oxygen atoms in total. The van der Waals surface area contributed by atoms with E-state index in [-0.39, 0.29) is 5.91 Å². The van der Waals surface area contributed by atoms with Gasteiger partial charge in [0.25, 0.3) is 0 Å². The first kappa shape index (κ1) is 16.4. The lowest BCUT2D eigenvalue weighted by atomic mass is 9.79. The highest BCUT2D eigenvalue weighted by molar-refractivity contribution is 7.80. The highest BCUT2D eigenvalue weighted by Gasteiger charge is 2.41. The van der Waals surface area contributed by atoms with Crippen LogP contribution in [-0.4, -0.2) is 31.2 Å². The topological polar surface area (TPSA) is 64.3 Å². The number of hydrogen-bond acceptors (Lipinski definition) is 3. The van der Waals surface area contributed by atoms with Crippen molar-refractivity contribution in [2.75, 3.05) is 20.3 Å². The van der Waals surface area contributed by atoms with Crippen molar-refractivity contribution in [3.63, 3.8) is 0 Å². The molecule has 5 heteroatoms. The lowest BCUT2D eigenvalue weighted by molar-refractivity contribution is -0.128. The van der Waals surface area contributed by atoms with E-state index < -0.39 is 5.41 Å². The van der Waals surface area contributed by atoms with E-state index in [2.05, 4.69) is 5.32 Å². The number of hydrogen-bond donors (Lipinski definition) is 2. The maximum absolute atomic E-state index is 12.5. The molecule has 3 N–H and O–H groups in total. The van der Waals surface area contributed by atoms with Crippen LogP contribution < -0.4 is 11.1 Å². The molecule has 0 spiro atoms. The number of thiocarbonyl (C=S) groups is 1. The van der Waals surface area contributed by atoms with Gasteiger partial charge in [-0.25, -0.2) is 0 Å². The van der Waals surface area contributed by atoms with Crippen molar-refractivity contribution >= 4 is 23.1 Å². The minimum atomic E-state index is -0.626. The van der Waals surface area contributed by atoms with Gasteiger partial charge in [-0.3, -0.25) is 4.79 Å². The Morgan fingerprint density at radius 3 is 2.42 bits per heavy atom. The number of nitrogens with one attached hydrogen (secondary N) is 1. The lowest BCUT2D eigenvalue weighted by Gasteiger charge is -2.30. The number of amides is 1. The van der Waals surface area contributed by atoms with Crippen LogP contribution in [0.25, 0.3) is 0 Å². The minimum absolute atomic E-state index is 0.00449. The monoisotopic (exact) mass is 286 g/mol. The summed E-state index contributed by atoms with van der Waals surface area (Å²) in [5.74, 6) is 0.299. The summed E-state index contributed by atoms with van der Waals surface area (Å²) in [7, 11) is 1.67. The van der Waals surface area contributed by atoms with Crippen LogP contribution in [0.5, 0.6) is 0 Å². The molecule has 0 radical (unpaired) electrons. The third-order valence-electron chi connectivity index (χ3n) is 3.93. The van der Waals surface area contributed by atoms with Crippen molar-refractivity contribution in [2.45, 2.75) is 45.4 Å². The van der Waals surface area contributed by atoms with Crippen molar-refractivity contribution in [1.29, 1.82) is 0 Å². The predicted octanol–water partition coefficient (Wildman–Crippen LogP) is 2.01. The molecule has 110 valence electrons. The Labute approximate surface area is 121 Å². The normalized spacial score (nSPS) is 20.3. The summed E-state index contributed by atoms with van der Waals surface area (Å²) >= 11 is 5.19. The van der Waals surface area contributed by atoms with Crippen molar-refractivity contribution in [3.8, 4) is 0 Å². The summed E-state index contributed by atoms with van der Waals surface area (Å²) in [5.41, 5.74) is 5.26. The fourth-order valence-electron chi connectivity index (χ4n) is 2.70. The zero-order chi connectivity index (χ0) is 14.3. The Morgan fingerprint density at radius 2 is 1.95 bits per heavy atom. The number of carbonyl (C=O) groups is 1. The standard InChI is InChI=1S/C14H26N2O2S/c1-11(10-18-2)9-16-13(17)14(12(15)19)7-5-3-4-6-8-14/h11H,3-10H2,1-2H3,(H2,15,19)(H,16,17). The Hall–Kier alpha value is -0.680. The average molecular weight is 286 g/mol. The van der Waals surface area contributed by atoms with Gasteiger partial charge in [0, 0.05) is 13.7 Å². The molecule has 19 heavy (non-hydrogen) atoms. The van der Waals surface area contributed by atoms with Crippen LogP contribution in [0.2, 0.25) is 0 Å².